The van der Waals surface area contributed by atoms with Gasteiger partial charge in [0.1, 0.15) is 5.58 Å². The Morgan fingerprint density at radius 2 is 1.06 bits per heavy atom. The maximum Gasteiger partial charge on any atom is 0.247 e. The maximum atomic E-state index is 7.06. The zero-order valence-corrected chi connectivity index (χ0v) is 50.3. The molecule has 0 spiro atoms. The number of nitrogens with zero attached hydrogens (tertiary/aromatic N) is 2. The molecule has 0 fully saturated rings. The molecule has 1 aliphatic carbocycles. The quantitative estimate of drug-likeness (QED) is 0.169. The van der Waals surface area contributed by atoms with E-state index < -0.39 is 0 Å². The second-order valence-corrected chi connectivity index (χ2v) is 28.9. The predicted molar refractivity (Wildman–Crippen MR) is 351 cm³/mol. The van der Waals surface area contributed by atoms with Crippen molar-refractivity contribution >= 4 is 111 Å². The topological polar surface area (TPSA) is 33.3 Å². The zero-order valence-electron chi connectivity index (χ0n) is 49.5. The first-order chi connectivity index (χ1) is 38.4. The molecule has 14 rings (SSSR count). The standard InChI is InChI=1S/C75H71BN3OS/c1-71(2,3)43-19-26-47(27-20-43)77-62-41-61-55(54-38-50(32-35-60(54)75(61,13)14)78(48-28-21-44(22-29-48)72(4,5)6)49-30-23-45(24-31-49)73(7,8)9)39-56(62)52-33-34-53-57-40-58-51-17-15-16-18-65(51)81-66(58)42-63(57)79-68(53)67(52)76-70-69(79)59-37-46(74(10,11)12)25-36-64(59)80-70/h15-42,77H,1-14H3. The minimum absolute atomic E-state index is 0.0334. The van der Waals surface area contributed by atoms with Gasteiger partial charge in [0.15, 0.2) is 0 Å². The van der Waals surface area contributed by atoms with E-state index in [1.54, 1.807) is 0 Å². The van der Waals surface area contributed by atoms with Crippen LogP contribution in [-0.2, 0) is 27.1 Å². The fraction of sp³-hybridized carbons (Fsp3) is 0.253. The molecule has 9 aromatic carbocycles. The normalized spacial score (nSPS) is 14.0. The van der Waals surface area contributed by atoms with Crippen molar-refractivity contribution in [2.24, 2.45) is 0 Å². The molecule has 0 saturated carbocycles. The third-order valence-electron chi connectivity index (χ3n) is 17.9. The molecule has 401 valence electrons. The molecule has 1 N–H and O–H groups in total. The molecule has 0 amide bonds. The molecular formula is C75H71BN3OS. The highest BCUT2D eigenvalue weighted by atomic mass is 32.1. The first-order valence-corrected chi connectivity index (χ1v) is 29.8. The van der Waals surface area contributed by atoms with E-state index in [2.05, 4.69) is 289 Å². The summed E-state index contributed by atoms with van der Waals surface area (Å²) in [4.78, 5) is 2.44. The molecule has 6 heteroatoms. The molecule has 81 heavy (non-hydrogen) atoms. The average molecular weight is 1070 g/mol. The summed E-state index contributed by atoms with van der Waals surface area (Å²) in [5, 5.41) is 10.3. The van der Waals surface area contributed by atoms with E-state index >= 15 is 0 Å². The van der Waals surface area contributed by atoms with Crippen molar-refractivity contribution in [3.05, 3.63) is 203 Å². The lowest BCUT2D eigenvalue weighted by Gasteiger charge is -2.29. The Morgan fingerprint density at radius 1 is 0.469 bits per heavy atom. The Labute approximate surface area is 482 Å². The Bertz CT molecular complexity index is 4500. The van der Waals surface area contributed by atoms with E-state index in [9.17, 15) is 0 Å². The molecule has 1 aliphatic heterocycles. The summed E-state index contributed by atoms with van der Waals surface area (Å²) < 4.78 is 12.2. The summed E-state index contributed by atoms with van der Waals surface area (Å²) in [5.74, 6) is 0. The number of aromatic nitrogens is 1. The number of furan rings is 1. The first-order valence-electron chi connectivity index (χ1n) is 29.0. The maximum absolute atomic E-state index is 7.06. The Morgan fingerprint density at radius 3 is 1.70 bits per heavy atom. The van der Waals surface area contributed by atoms with Crippen molar-refractivity contribution in [1.29, 1.82) is 0 Å². The monoisotopic (exact) mass is 1070 g/mol. The smallest absolute Gasteiger partial charge is 0.247 e. The van der Waals surface area contributed by atoms with Crippen molar-refractivity contribution < 1.29 is 4.42 Å². The fourth-order valence-electron chi connectivity index (χ4n) is 13.1. The predicted octanol–water partition coefficient (Wildman–Crippen LogP) is 20.2. The molecule has 0 bridgehead atoms. The van der Waals surface area contributed by atoms with E-state index in [0.29, 0.717) is 0 Å². The van der Waals surface area contributed by atoms with Crippen LogP contribution in [0.1, 0.15) is 130 Å². The molecule has 4 heterocycles. The highest BCUT2D eigenvalue weighted by Gasteiger charge is 2.39. The van der Waals surface area contributed by atoms with Crippen molar-refractivity contribution in [3.8, 4) is 27.9 Å². The van der Waals surface area contributed by atoms with Gasteiger partial charge in [0.25, 0.3) is 0 Å². The van der Waals surface area contributed by atoms with Crippen molar-refractivity contribution in [2.45, 2.75) is 124 Å². The van der Waals surface area contributed by atoms with E-state index in [1.165, 1.54) is 86.5 Å². The molecule has 3 aromatic heterocycles. The van der Waals surface area contributed by atoms with E-state index in [0.717, 1.165) is 67.3 Å². The van der Waals surface area contributed by atoms with Crippen LogP contribution in [0.5, 0.6) is 0 Å². The minimum Gasteiger partial charge on any atom is -0.469 e. The van der Waals surface area contributed by atoms with Gasteiger partial charge < -0.3 is 19.2 Å². The number of rotatable bonds is 6. The highest BCUT2D eigenvalue weighted by Crippen LogP contribution is 2.54. The van der Waals surface area contributed by atoms with Gasteiger partial charge in [0.2, 0.25) is 7.28 Å². The third kappa shape index (κ3) is 8.21. The number of fused-ring (bicyclic) bond motifs is 13. The van der Waals surface area contributed by atoms with Crippen molar-refractivity contribution in [1.82, 2.24) is 4.57 Å². The zero-order chi connectivity index (χ0) is 56.4. The number of hydrogen-bond acceptors (Lipinski definition) is 4. The summed E-state index contributed by atoms with van der Waals surface area (Å²) in [6.07, 6.45) is 0. The Balaban J connectivity index is 1.01. The van der Waals surface area contributed by atoms with Gasteiger partial charge >= 0.3 is 0 Å². The molecule has 0 atom stereocenters. The Hall–Kier alpha value is -7.80. The second-order valence-electron chi connectivity index (χ2n) is 27.8. The molecular weight excluding hydrogens is 1000 g/mol. The summed E-state index contributed by atoms with van der Waals surface area (Å²) in [6.45, 7) is 32.3. The molecule has 4 nitrogen and oxygen atoms in total. The summed E-state index contributed by atoms with van der Waals surface area (Å²) in [7, 11) is 2.35. The van der Waals surface area contributed by atoms with Crippen LogP contribution in [0, 0.1) is 0 Å². The van der Waals surface area contributed by atoms with Gasteiger partial charge in [-0.15, -0.1) is 11.3 Å². The number of anilines is 5. The van der Waals surface area contributed by atoms with E-state index in [1.807, 2.05) is 11.3 Å². The molecule has 2 aliphatic rings. The van der Waals surface area contributed by atoms with E-state index in [-0.39, 0.29) is 27.1 Å². The largest absolute Gasteiger partial charge is 0.469 e. The van der Waals surface area contributed by atoms with Crippen molar-refractivity contribution in [3.63, 3.8) is 0 Å². The third-order valence-corrected chi connectivity index (χ3v) is 19.0. The number of benzene rings is 9. The van der Waals surface area contributed by atoms with Gasteiger partial charge in [-0.05, 0) is 168 Å². The van der Waals surface area contributed by atoms with Crippen LogP contribution in [0.15, 0.2) is 174 Å². The van der Waals surface area contributed by atoms with Gasteiger partial charge in [-0.1, -0.05) is 176 Å². The number of nitrogens with one attached hydrogen (secondary N) is 1. The van der Waals surface area contributed by atoms with Crippen LogP contribution in [0.4, 0.5) is 28.4 Å². The van der Waals surface area contributed by atoms with Crippen LogP contribution in [0.2, 0.25) is 0 Å². The number of thiophene rings is 1. The fourth-order valence-corrected chi connectivity index (χ4v) is 14.2. The minimum atomic E-state index is -0.287. The van der Waals surface area contributed by atoms with Crippen LogP contribution >= 0.6 is 11.3 Å². The second kappa shape index (κ2) is 17.6. The van der Waals surface area contributed by atoms with Crippen LogP contribution in [-0.4, -0.2) is 11.8 Å². The van der Waals surface area contributed by atoms with Gasteiger partial charge in [0.05, 0.1) is 16.9 Å². The lowest BCUT2D eigenvalue weighted by atomic mass is 9.62. The van der Waals surface area contributed by atoms with E-state index in [4.69, 9.17) is 4.42 Å². The molecule has 0 unspecified atom stereocenters. The summed E-state index contributed by atoms with van der Waals surface area (Å²) >= 11 is 1.88. The van der Waals surface area contributed by atoms with Gasteiger partial charge in [0, 0.05) is 81.3 Å². The van der Waals surface area contributed by atoms with Crippen LogP contribution in [0.25, 0.3) is 80.9 Å². The highest BCUT2D eigenvalue weighted by molar-refractivity contribution is 7.25. The first kappa shape index (κ1) is 51.4. The lowest BCUT2D eigenvalue weighted by Crippen LogP contribution is -2.36. The van der Waals surface area contributed by atoms with Crippen molar-refractivity contribution in [2.75, 3.05) is 10.2 Å². The van der Waals surface area contributed by atoms with Crippen LogP contribution in [0.3, 0.4) is 0 Å². The van der Waals surface area contributed by atoms with Crippen LogP contribution < -0.4 is 21.3 Å². The Kier molecular flexibility index (Phi) is 11.2. The van der Waals surface area contributed by atoms with Gasteiger partial charge in [-0.2, -0.15) is 0 Å². The van der Waals surface area contributed by atoms with Gasteiger partial charge in [-0.25, -0.2) is 0 Å². The van der Waals surface area contributed by atoms with Gasteiger partial charge in [-0.3, -0.25) is 0 Å². The molecule has 0 saturated heterocycles. The lowest BCUT2D eigenvalue weighted by molar-refractivity contribution is 0.590. The SMILES string of the molecule is CC(C)(C)c1ccc(Nc2cc3c(cc2-c2ccc4c5cc6c(cc5n5c4c2[B]c2oc4ccc(C(C)(C)C)cc4c2-5)sc2ccccc26)-c2cc(N(c4ccc(C(C)(C)C)cc4)c4ccc(C(C)(C)C)cc4)ccc2C3(C)C)cc1. The summed E-state index contributed by atoms with van der Waals surface area (Å²) in [5.41, 5.74) is 24.4. The number of hydrogen-bond donors (Lipinski definition) is 1. The summed E-state index contributed by atoms with van der Waals surface area (Å²) in [6, 6.07) is 65.0. The molecule has 12 aromatic rings. The molecule has 1 radical (unpaired) electrons. The average Bonchev–Trinajstić information content (AvgIpc) is 4.15.